The van der Waals surface area contributed by atoms with Crippen molar-refractivity contribution in [3.05, 3.63) is 53.1 Å². The third-order valence-corrected chi connectivity index (χ3v) is 5.17. The summed E-state index contributed by atoms with van der Waals surface area (Å²) >= 11 is 5.98. The van der Waals surface area contributed by atoms with Gasteiger partial charge in [-0.15, -0.1) is 0 Å². The van der Waals surface area contributed by atoms with Gasteiger partial charge in [-0.25, -0.2) is 0 Å². The standard InChI is InChI=1S/C23H27ClN2O3/c1-15(2)10-11-26-19-9-8-18(13-20(19)29-14-23(3,4)22(26)28)25-21(27)16-6-5-7-17(24)12-16/h5-9,12-13,15H,10-11,14H2,1-4H3,(H,25,27). The molecule has 0 bridgehead atoms. The van der Waals surface area contributed by atoms with Gasteiger partial charge >= 0.3 is 0 Å². The molecule has 0 aliphatic carbocycles. The van der Waals surface area contributed by atoms with Crippen molar-refractivity contribution in [2.45, 2.75) is 34.1 Å². The molecule has 0 saturated heterocycles. The Morgan fingerprint density at radius 3 is 2.69 bits per heavy atom. The molecule has 1 aliphatic heterocycles. The van der Waals surface area contributed by atoms with Gasteiger partial charge in [-0.05, 0) is 56.5 Å². The van der Waals surface area contributed by atoms with Crippen LogP contribution in [0, 0.1) is 11.3 Å². The molecule has 3 rings (SSSR count). The topological polar surface area (TPSA) is 58.6 Å². The zero-order valence-corrected chi connectivity index (χ0v) is 18.0. The Bertz CT molecular complexity index is 924. The Kier molecular flexibility index (Phi) is 6.18. The molecule has 2 aromatic rings. The molecule has 1 aliphatic rings. The fraction of sp³-hybridized carbons (Fsp3) is 0.391. The second kappa shape index (κ2) is 8.46. The number of nitrogens with zero attached hydrogens (tertiary/aromatic N) is 1. The molecule has 2 amide bonds. The molecular formula is C23H27ClN2O3. The van der Waals surface area contributed by atoms with E-state index in [-0.39, 0.29) is 18.4 Å². The number of hydrogen-bond donors (Lipinski definition) is 1. The molecule has 5 nitrogen and oxygen atoms in total. The van der Waals surface area contributed by atoms with Crippen LogP contribution in [-0.2, 0) is 4.79 Å². The summed E-state index contributed by atoms with van der Waals surface area (Å²) in [5.41, 5.74) is 1.19. The van der Waals surface area contributed by atoms with Gasteiger partial charge < -0.3 is 15.0 Å². The number of carbonyl (C=O) groups is 2. The SMILES string of the molecule is CC(C)CCN1C(=O)C(C)(C)COc2cc(NC(=O)c3cccc(Cl)c3)ccc21. The fourth-order valence-corrected chi connectivity index (χ4v) is 3.36. The van der Waals surface area contributed by atoms with Crippen LogP contribution in [0.2, 0.25) is 5.02 Å². The highest BCUT2D eigenvalue weighted by Gasteiger charge is 2.37. The van der Waals surface area contributed by atoms with E-state index in [1.54, 1.807) is 36.4 Å². The van der Waals surface area contributed by atoms with Gasteiger partial charge in [-0.2, -0.15) is 0 Å². The molecule has 0 aromatic heterocycles. The summed E-state index contributed by atoms with van der Waals surface area (Å²) in [6, 6.07) is 12.2. The number of halogens is 1. The van der Waals surface area contributed by atoms with Crippen LogP contribution in [0.25, 0.3) is 0 Å². The highest BCUT2D eigenvalue weighted by molar-refractivity contribution is 6.31. The third-order valence-electron chi connectivity index (χ3n) is 4.94. The number of ether oxygens (including phenoxy) is 1. The quantitative estimate of drug-likeness (QED) is 0.713. The van der Waals surface area contributed by atoms with Crippen molar-refractivity contribution in [2.75, 3.05) is 23.4 Å². The zero-order chi connectivity index (χ0) is 21.2. The first-order valence-corrected chi connectivity index (χ1v) is 10.2. The van der Waals surface area contributed by atoms with E-state index in [2.05, 4.69) is 19.2 Å². The summed E-state index contributed by atoms with van der Waals surface area (Å²) < 4.78 is 5.98. The highest BCUT2D eigenvalue weighted by atomic mass is 35.5. The number of fused-ring (bicyclic) bond motifs is 1. The van der Waals surface area contributed by atoms with Crippen LogP contribution in [0.5, 0.6) is 5.75 Å². The third kappa shape index (κ3) is 4.91. The van der Waals surface area contributed by atoms with E-state index < -0.39 is 5.41 Å². The minimum absolute atomic E-state index is 0.0487. The lowest BCUT2D eigenvalue weighted by Gasteiger charge is -2.28. The molecule has 1 N–H and O–H groups in total. The predicted molar refractivity (Wildman–Crippen MR) is 117 cm³/mol. The van der Waals surface area contributed by atoms with Gasteiger partial charge in [-0.1, -0.05) is 31.5 Å². The minimum atomic E-state index is -0.625. The summed E-state index contributed by atoms with van der Waals surface area (Å²) in [5.74, 6) is 0.869. The van der Waals surface area contributed by atoms with Crippen molar-refractivity contribution in [2.24, 2.45) is 11.3 Å². The molecular weight excluding hydrogens is 388 g/mol. The number of carbonyl (C=O) groups excluding carboxylic acids is 2. The maximum atomic E-state index is 13.1. The predicted octanol–water partition coefficient (Wildman–Crippen LogP) is 5.39. The molecule has 0 atom stereocenters. The largest absolute Gasteiger partial charge is 0.490 e. The van der Waals surface area contributed by atoms with Crippen molar-refractivity contribution in [3.8, 4) is 5.75 Å². The van der Waals surface area contributed by atoms with E-state index in [1.165, 1.54) is 0 Å². The van der Waals surface area contributed by atoms with Gasteiger partial charge in [0.2, 0.25) is 5.91 Å². The van der Waals surface area contributed by atoms with Crippen molar-refractivity contribution in [1.29, 1.82) is 0 Å². The molecule has 2 aromatic carbocycles. The van der Waals surface area contributed by atoms with Crippen molar-refractivity contribution < 1.29 is 14.3 Å². The van der Waals surface area contributed by atoms with Gasteiger partial charge in [-0.3, -0.25) is 9.59 Å². The smallest absolute Gasteiger partial charge is 0.255 e. The van der Waals surface area contributed by atoms with Crippen LogP contribution >= 0.6 is 11.6 Å². The number of benzene rings is 2. The van der Waals surface area contributed by atoms with Gasteiger partial charge in [0.15, 0.2) is 0 Å². The van der Waals surface area contributed by atoms with E-state index in [9.17, 15) is 9.59 Å². The van der Waals surface area contributed by atoms with Crippen molar-refractivity contribution in [3.63, 3.8) is 0 Å². The van der Waals surface area contributed by atoms with Gasteiger partial charge in [0.05, 0.1) is 11.1 Å². The Hall–Kier alpha value is -2.53. The molecule has 29 heavy (non-hydrogen) atoms. The number of amides is 2. The number of anilines is 2. The van der Waals surface area contributed by atoms with E-state index in [0.717, 1.165) is 12.1 Å². The minimum Gasteiger partial charge on any atom is -0.490 e. The van der Waals surface area contributed by atoms with E-state index in [4.69, 9.17) is 16.3 Å². The molecule has 1 heterocycles. The molecule has 0 fully saturated rings. The molecule has 0 radical (unpaired) electrons. The van der Waals surface area contributed by atoms with Crippen LogP contribution in [0.1, 0.15) is 44.5 Å². The second-order valence-corrected chi connectivity index (χ2v) is 8.90. The first kappa shape index (κ1) is 21.2. The average molecular weight is 415 g/mol. The molecule has 0 spiro atoms. The summed E-state index contributed by atoms with van der Waals surface area (Å²) in [4.78, 5) is 27.4. The van der Waals surface area contributed by atoms with Crippen LogP contribution in [0.15, 0.2) is 42.5 Å². The Labute approximate surface area is 177 Å². The van der Waals surface area contributed by atoms with Crippen molar-refractivity contribution in [1.82, 2.24) is 0 Å². The lowest BCUT2D eigenvalue weighted by Crippen LogP contribution is -2.42. The second-order valence-electron chi connectivity index (χ2n) is 8.46. The summed E-state index contributed by atoms with van der Waals surface area (Å²) in [7, 11) is 0. The highest BCUT2D eigenvalue weighted by Crippen LogP contribution is 2.38. The first-order valence-electron chi connectivity index (χ1n) is 9.83. The zero-order valence-electron chi connectivity index (χ0n) is 17.3. The Balaban J connectivity index is 1.88. The van der Waals surface area contributed by atoms with Gasteiger partial charge in [0, 0.05) is 28.9 Å². The molecule has 0 unspecified atom stereocenters. The maximum absolute atomic E-state index is 13.1. The summed E-state index contributed by atoms with van der Waals surface area (Å²) in [6.45, 7) is 8.97. The lowest BCUT2D eigenvalue weighted by molar-refractivity contribution is -0.127. The van der Waals surface area contributed by atoms with Crippen LogP contribution < -0.4 is 15.0 Å². The van der Waals surface area contributed by atoms with E-state index in [0.29, 0.717) is 34.5 Å². The lowest BCUT2D eigenvalue weighted by atomic mass is 9.92. The van der Waals surface area contributed by atoms with Gasteiger partial charge in [0.25, 0.3) is 5.91 Å². The molecule has 0 saturated carbocycles. The molecule has 6 heteroatoms. The number of nitrogens with one attached hydrogen (secondary N) is 1. The summed E-state index contributed by atoms with van der Waals surface area (Å²) in [6.07, 6.45) is 0.897. The van der Waals surface area contributed by atoms with Crippen LogP contribution in [-0.4, -0.2) is 25.0 Å². The Morgan fingerprint density at radius 2 is 2.00 bits per heavy atom. The van der Waals surface area contributed by atoms with E-state index in [1.807, 2.05) is 24.8 Å². The van der Waals surface area contributed by atoms with E-state index >= 15 is 0 Å². The number of hydrogen-bond acceptors (Lipinski definition) is 3. The Morgan fingerprint density at radius 1 is 1.24 bits per heavy atom. The average Bonchev–Trinajstić information content (AvgIpc) is 2.75. The molecule has 154 valence electrons. The van der Waals surface area contributed by atoms with Crippen LogP contribution in [0.4, 0.5) is 11.4 Å². The monoisotopic (exact) mass is 414 g/mol. The fourth-order valence-electron chi connectivity index (χ4n) is 3.17. The number of rotatable bonds is 5. The summed E-state index contributed by atoms with van der Waals surface area (Å²) in [5, 5.41) is 3.38. The first-order chi connectivity index (χ1) is 13.7. The van der Waals surface area contributed by atoms with Crippen molar-refractivity contribution >= 4 is 34.8 Å². The normalized spacial score (nSPS) is 15.5. The maximum Gasteiger partial charge on any atom is 0.255 e. The van der Waals surface area contributed by atoms with Gasteiger partial charge in [0.1, 0.15) is 12.4 Å². The van der Waals surface area contributed by atoms with Crippen LogP contribution in [0.3, 0.4) is 0 Å².